The van der Waals surface area contributed by atoms with E-state index >= 15 is 0 Å². The van der Waals surface area contributed by atoms with E-state index in [0.29, 0.717) is 5.92 Å². The Hall–Kier alpha value is -1.02. The molecular weight excluding hydrogens is 196 g/mol. The predicted octanol–water partition coefficient (Wildman–Crippen LogP) is 3.65. The van der Waals surface area contributed by atoms with Crippen molar-refractivity contribution in [2.45, 2.75) is 26.7 Å². The van der Waals surface area contributed by atoms with Gasteiger partial charge >= 0.3 is 0 Å². The van der Waals surface area contributed by atoms with Gasteiger partial charge in [-0.25, -0.2) is 0 Å². The van der Waals surface area contributed by atoms with Gasteiger partial charge in [-0.2, -0.15) is 5.10 Å². The van der Waals surface area contributed by atoms with E-state index < -0.39 is 0 Å². The molecule has 2 aromatic rings. The first-order valence-corrected chi connectivity index (χ1v) is 5.12. The number of nitrogens with zero attached hydrogens (tertiary/aromatic N) is 1. The molecular formula is C11H13ClN2. The molecule has 1 N–H and O–H groups in total. The monoisotopic (exact) mass is 208 g/mol. The third-order valence-electron chi connectivity index (χ3n) is 2.46. The number of aromatic amines is 1. The summed E-state index contributed by atoms with van der Waals surface area (Å²) >= 11 is 6.26. The molecule has 1 aromatic heterocycles. The maximum atomic E-state index is 6.26. The van der Waals surface area contributed by atoms with Gasteiger partial charge in [0.15, 0.2) is 0 Å². The van der Waals surface area contributed by atoms with Crippen LogP contribution in [0.15, 0.2) is 12.1 Å². The summed E-state index contributed by atoms with van der Waals surface area (Å²) < 4.78 is 0. The number of benzene rings is 1. The number of H-pyrrole nitrogens is 1. The van der Waals surface area contributed by atoms with E-state index in [1.807, 2.05) is 19.1 Å². The van der Waals surface area contributed by atoms with Crippen molar-refractivity contribution in [2.75, 3.05) is 0 Å². The third kappa shape index (κ3) is 1.30. The SMILES string of the molecule is Cc1ccc2n[nH]c(C(C)C)c2c1Cl. The number of halogens is 1. The van der Waals surface area contributed by atoms with E-state index in [4.69, 9.17) is 11.6 Å². The summed E-state index contributed by atoms with van der Waals surface area (Å²) in [6, 6.07) is 3.99. The lowest BCUT2D eigenvalue weighted by Gasteiger charge is -2.04. The molecule has 0 unspecified atom stereocenters. The van der Waals surface area contributed by atoms with Gasteiger partial charge < -0.3 is 0 Å². The first-order valence-electron chi connectivity index (χ1n) is 4.74. The molecule has 0 saturated heterocycles. The predicted molar refractivity (Wildman–Crippen MR) is 59.9 cm³/mol. The van der Waals surface area contributed by atoms with Crippen LogP contribution in [0.4, 0.5) is 0 Å². The highest BCUT2D eigenvalue weighted by Crippen LogP contribution is 2.31. The summed E-state index contributed by atoms with van der Waals surface area (Å²) in [5, 5.41) is 9.17. The quantitative estimate of drug-likeness (QED) is 0.762. The maximum Gasteiger partial charge on any atom is 0.0939 e. The van der Waals surface area contributed by atoms with Gasteiger partial charge in [0, 0.05) is 11.1 Å². The van der Waals surface area contributed by atoms with Crippen molar-refractivity contribution >= 4 is 22.5 Å². The molecule has 2 rings (SSSR count). The number of aromatic nitrogens is 2. The number of rotatable bonds is 1. The Morgan fingerprint density at radius 3 is 2.71 bits per heavy atom. The van der Waals surface area contributed by atoms with Gasteiger partial charge in [-0.1, -0.05) is 31.5 Å². The van der Waals surface area contributed by atoms with Crippen LogP contribution in [0, 0.1) is 6.92 Å². The van der Waals surface area contributed by atoms with E-state index in [1.54, 1.807) is 0 Å². The third-order valence-corrected chi connectivity index (χ3v) is 2.94. The second-order valence-electron chi connectivity index (χ2n) is 3.88. The van der Waals surface area contributed by atoms with Gasteiger partial charge in [-0.05, 0) is 24.5 Å². The Kier molecular flexibility index (Phi) is 2.23. The molecule has 0 spiro atoms. The second-order valence-corrected chi connectivity index (χ2v) is 4.26. The van der Waals surface area contributed by atoms with Gasteiger partial charge in [0.25, 0.3) is 0 Å². The minimum atomic E-state index is 0.416. The number of aryl methyl sites for hydroxylation is 1. The van der Waals surface area contributed by atoms with Crippen molar-refractivity contribution in [1.82, 2.24) is 10.2 Å². The lowest BCUT2D eigenvalue weighted by Crippen LogP contribution is -1.88. The Morgan fingerprint density at radius 2 is 2.07 bits per heavy atom. The fourth-order valence-electron chi connectivity index (χ4n) is 1.61. The Balaban J connectivity index is 2.82. The molecule has 2 nitrogen and oxygen atoms in total. The van der Waals surface area contributed by atoms with Crippen LogP contribution < -0.4 is 0 Å². The van der Waals surface area contributed by atoms with Crippen LogP contribution in [0.25, 0.3) is 10.9 Å². The Bertz CT molecular complexity index is 471. The number of fused-ring (bicyclic) bond motifs is 1. The minimum absolute atomic E-state index is 0.416. The highest BCUT2D eigenvalue weighted by atomic mass is 35.5. The first kappa shape index (κ1) is 9.53. The van der Waals surface area contributed by atoms with Gasteiger partial charge in [0.05, 0.1) is 10.5 Å². The fourth-order valence-corrected chi connectivity index (χ4v) is 1.88. The van der Waals surface area contributed by atoms with E-state index in [9.17, 15) is 0 Å². The normalized spacial score (nSPS) is 11.5. The van der Waals surface area contributed by atoms with E-state index in [2.05, 4.69) is 24.0 Å². The van der Waals surface area contributed by atoms with Crippen LogP contribution in [0.3, 0.4) is 0 Å². The summed E-state index contributed by atoms with van der Waals surface area (Å²) in [5.74, 6) is 0.416. The molecule has 0 radical (unpaired) electrons. The largest absolute Gasteiger partial charge is 0.281 e. The van der Waals surface area contributed by atoms with Crippen molar-refractivity contribution in [3.63, 3.8) is 0 Å². The number of nitrogens with one attached hydrogen (secondary N) is 1. The van der Waals surface area contributed by atoms with Crippen LogP contribution >= 0.6 is 11.6 Å². The molecule has 14 heavy (non-hydrogen) atoms. The van der Waals surface area contributed by atoms with Gasteiger partial charge in [0.1, 0.15) is 0 Å². The molecule has 74 valence electrons. The Morgan fingerprint density at radius 1 is 1.36 bits per heavy atom. The van der Waals surface area contributed by atoms with Crippen LogP contribution in [0.5, 0.6) is 0 Å². The van der Waals surface area contributed by atoms with E-state index in [-0.39, 0.29) is 0 Å². The fraction of sp³-hybridized carbons (Fsp3) is 0.364. The average Bonchev–Trinajstić information content (AvgIpc) is 2.55. The standard InChI is InChI=1S/C11H13ClN2/c1-6(2)11-9-8(13-14-11)5-4-7(3)10(9)12/h4-6H,1-3H3,(H,13,14). The van der Waals surface area contributed by atoms with Gasteiger partial charge in [-0.15, -0.1) is 0 Å². The zero-order chi connectivity index (χ0) is 10.3. The van der Waals surface area contributed by atoms with Crippen molar-refractivity contribution in [2.24, 2.45) is 0 Å². The molecule has 0 atom stereocenters. The second kappa shape index (κ2) is 3.28. The number of hydrogen-bond donors (Lipinski definition) is 1. The van der Waals surface area contributed by atoms with Crippen molar-refractivity contribution in [3.05, 3.63) is 28.4 Å². The smallest absolute Gasteiger partial charge is 0.0939 e. The van der Waals surface area contributed by atoms with Crippen molar-refractivity contribution < 1.29 is 0 Å². The topological polar surface area (TPSA) is 28.7 Å². The molecule has 0 bridgehead atoms. The highest BCUT2D eigenvalue weighted by Gasteiger charge is 2.12. The lowest BCUT2D eigenvalue weighted by atomic mass is 10.0. The van der Waals surface area contributed by atoms with E-state index in [0.717, 1.165) is 27.2 Å². The van der Waals surface area contributed by atoms with Crippen molar-refractivity contribution in [3.8, 4) is 0 Å². The zero-order valence-corrected chi connectivity index (χ0v) is 9.31. The van der Waals surface area contributed by atoms with E-state index in [1.165, 1.54) is 0 Å². The molecule has 0 amide bonds. The summed E-state index contributed by atoms with van der Waals surface area (Å²) in [6.07, 6.45) is 0. The number of hydrogen-bond acceptors (Lipinski definition) is 1. The van der Waals surface area contributed by atoms with Gasteiger partial charge in [0.2, 0.25) is 0 Å². The first-order chi connectivity index (χ1) is 6.61. The summed E-state index contributed by atoms with van der Waals surface area (Å²) in [5.41, 5.74) is 3.17. The molecule has 0 saturated carbocycles. The Labute approximate surface area is 88.3 Å². The van der Waals surface area contributed by atoms with Crippen molar-refractivity contribution in [1.29, 1.82) is 0 Å². The molecule has 0 fully saturated rings. The van der Waals surface area contributed by atoms with Crippen LogP contribution in [-0.4, -0.2) is 10.2 Å². The molecule has 3 heteroatoms. The summed E-state index contributed by atoms with van der Waals surface area (Å²) in [7, 11) is 0. The van der Waals surface area contributed by atoms with Crippen LogP contribution in [0.1, 0.15) is 31.0 Å². The summed E-state index contributed by atoms with van der Waals surface area (Å²) in [4.78, 5) is 0. The molecule has 0 aliphatic rings. The summed E-state index contributed by atoms with van der Waals surface area (Å²) in [6.45, 7) is 6.27. The highest BCUT2D eigenvalue weighted by molar-refractivity contribution is 6.36. The zero-order valence-electron chi connectivity index (χ0n) is 8.56. The lowest BCUT2D eigenvalue weighted by molar-refractivity contribution is 0.818. The minimum Gasteiger partial charge on any atom is -0.281 e. The van der Waals surface area contributed by atoms with Crippen LogP contribution in [0.2, 0.25) is 5.02 Å². The molecule has 0 aliphatic heterocycles. The van der Waals surface area contributed by atoms with Gasteiger partial charge in [-0.3, -0.25) is 5.10 Å². The van der Waals surface area contributed by atoms with Crippen LogP contribution in [-0.2, 0) is 0 Å². The average molecular weight is 209 g/mol. The molecule has 1 heterocycles. The molecule has 0 aliphatic carbocycles. The molecule has 1 aromatic carbocycles. The maximum absolute atomic E-state index is 6.26.